The van der Waals surface area contributed by atoms with Crippen LogP contribution in [0.25, 0.3) is 0 Å². The lowest BCUT2D eigenvalue weighted by Crippen LogP contribution is -2.43. The monoisotopic (exact) mass is 421 g/mol. The van der Waals surface area contributed by atoms with Crippen LogP contribution in [0.5, 0.6) is 0 Å². The van der Waals surface area contributed by atoms with Crippen LogP contribution < -0.4 is 10.6 Å². The fourth-order valence-electron chi connectivity index (χ4n) is 3.01. The number of carbonyl (C=O) groups excluding carboxylic acids is 1. The molecule has 132 valence electrons. The van der Waals surface area contributed by atoms with Crippen molar-refractivity contribution < 1.29 is 4.79 Å². The Hall–Kier alpha value is -1.56. The number of hydrogen-bond acceptors (Lipinski definition) is 2. The molecule has 4 nitrogen and oxygen atoms in total. The second kappa shape index (κ2) is 8.70. The second-order valence-electron chi connectivity index (χ2n) is 6.27. The van der Waals surface area contributed by atoms with E-state index >= 15 is 0 Å². The van der Waals surface area contributed by atoms with Gasteiger partial charge in [0.25, 0.3) is 0 Å². The molecule has 1 heterocycles. The van der Waals surface area contributed by atoms with E-state index in [-0.39, 0.29) is 12.1 Å². The third-order valence-corrected chi connectivity index (χ3v) is 5.16. The Morgan fingerprint density at radius 3 is 2.80 bits per heavy atom. The van der Waals surface area contributed by atoms with Gasteiger partial charge in [-0.05, 0) is 29.7 Å². The van der Waals surface area contributed by atoms with E-state index in [9.17, 15) is 4.79 Å². The van der Waals surface area contributed by atoms with E-state index < -0.39 is 0 Å². The van der Waals surface area contributed by atoms with Crippen LogP contribution in [0.2, 0.25) is 5.02 Å². The normalized spacial score (nSPS) is 17.4. The van der Waals surface area contributed by atoms with E-state index in [0.29, 0.717) is 11.6 Å². The SMILES string of the molecule is O=C(NCc1ccc(Br)cc1Cl)NC1CCN(Cc2ccccc2)C1. The summed E-state index contributed by atoms with van der Waals surface area (Å²) < 4.78 is 0.926. The van der Waals surface area contributed by atoms with E-state index in [1.807, 2.05) is 24.3 Å². The van der Waals surface area contributed by atoms with Gasteiger partial charge in [-0.1, -0.05) is 63.9 Å². The number of nitrogens with one attached hydrogen (secondary N) is 2. The zero-order valence-corrected chi connectivity index (χ0v) is 16.2. The molecular weight excluding hydrogens is 402 g/mol. The Labute approximate surface area is 161 Å². The first-order chi connectivity index (χ1) is 12.1. The van der Waals surface area contributed by atoms with E-state index in [0.717, 1.165) is 36.1 Å². The third kappa shape index (κ3) is 5.46. The molecule has 1 aliphatic heterocycles. The number of rotatable bonds is 5. The first-order valence-electron chi connectivity index (χ1n) is 8.35. The molecule has 6 heteroatoms. The first-order valence-corrected chi connectivity index (χ1v) is 9.52. The fourth-order valence-corrected chi connectivity index (χ4v) is 3.75. The number of likely N-dealkylation sites (tertiary alicyclic amines) is 1. The van der Waals surface area contributed by atoms with Crippen LogP contribution in [0.4, 0.5) is 4.79 Å². The van der Waals surface area contributed by atoms with Gasteiger partial charge in [-0.3, -0.25) is 4.90 Å². The van der Waals surface area contributed by atoms with Gasteiger partial charge in [-0.15, -0.1) is 0 Å². The molecule has 1 saturated heterocycles. The van der Waals surface area contributed by atoms with E-state index in [4.69, 9.17) is 11.6 Å². The first kappa shape index (κ1) is 18.2. The van der Waals surface area contributed by atoms with Crippen molar-refractivity contribution in [3.05, 3.63) is 69.2 Å². The van der Waals surface area contributed by atoms with Crippen molar-refractivity contribution in [1.82, 2.24) is 15.5 Å². The molecule has 2 aromatic carbocycles. The summed E-state index contributed by atoms with van der Waals surface area (Å²) in [7, 11) is 0. The summed E-state index contributed by atoms with van der Waals surface area (Å²) in [6.07, 6.45) is 0.972. The highest BCUT2D eigenvalue weighted by Crippen LogP contribution is 2.21. The van der Waals surface area contributed by atoms with Gasteiger partial charge in [0.2, 0.25) is 0 Å². The molecule has 2 N–H and O–H groups in total. The highest BCUT2D eigenvalue weighted by Gasteiger charge is 2.23. The number of benzene rings is 2. The molecule has 0 bridgehead atoms. The van der Waals surface area contributed by atoms with Crippen molar-refractivity contribution >= 4 is 33.6 Å². The number of urea groups is 1. The molecule has 1 unspecified atom stereocenters. The summed E-state index contributed by atoms with van der Waals surface area (Å²) in [5, 5.41) is 6.58. The van der Waals surface area contributed by atoms with E-state index in [2.05, 4.69) is 55.7 Å². The van der Waals surface area contributed by atoms with Crippen LogP contribution in [0.3, 0.4) is 0 Å². The van der Waals surface area contributed by atoms with Gasteiger partial charge in [0, 0.05) is 41.7 Å². The van der Waals surface area contributed by atoms with Crippen molar-refractivity contribution in [2.24, 2.45) is 0 Å². The van der Waals surface area contributed by atoms with Gasteiger partial charge < -0.3 is 10.6 Å². The van der Waals surface area contributed by atoms with Crippen molar-refractivity contribution in [3.63, 3.8) is 0 Å². The maximum atomic E-state index is 12.1. The van der Waals surface area contributed by atoms with Gasteiger partial charge in [-0.2, -0.15) is 0 Å². The minimum atomic E-state index is -0.148. The van der Waals surface area contributed by atoms with E-state index in [1.54, 1.807) is 0 Å². The Morgan fingerprint density at radius 1 is 1.24 bits per heavy atom. The Bertz CT molecular complexity index is 726. The molecule has 25 heavy (non-hydrogen) atoms. The number of amides is 2. The highest BCUT2D eigenvalue weighted by atomic mass is 79.9. The molecule has 1 fully saturated rings. The molecule has 0 saturated carbocycles. The molecule has 0 aliphatic carbocycles. The summed E-state index contributed by atoms with van der Waals surface area (Å²) in [5.74, 6) is 0. The minimum Gasteiger partial charge on any atom is -0.334 e. The summed E-state index contributed by atoms with van der Waals surface area (Å²) >= 11 is 9.55. The van der Waals surface area contributed by atoms with Gasteiger partial charge >= 0.3 is 6.03 Å². The van der Waals surface area contributed by atoms with Gasteiger partial charge in [-0.25, -0.2) is 4.79 Å². The summed E-state index contributed by atoms with van der Waals surface area (Å²) in [5.41, 5.74) is 2.20. The number of hydrogen-bond donors (Lipinski definition) is 2. The van der Waals surface area contributed by atoms with Crippen molar-refractivity contribution in [1.29, 1.82) is 0 Å². The van der Waals surface area contributed by atoms with Crippen molar-refractivity contribution in [3.8, 4) is 0 Å². The Morgan fingerprint density at radius 2 is 2.04 bits per heavy atom. The molecule has 2 amide bonds. The zero-order chi connectivity index (χ0) is 17.6. The van der Waals surface area contributed by atoms with Crippen LogP contribution >= 0.6 is 27.5 Å². The predicted octanol–water partition coefficient (Wildman–Crippen LogP) is 4.18. The van der Waals surface area contributed by atoms with Gasteiger partial charge in [0.05, 0.1) is 0 Å². The van der Waals surface area contributed by atoms with E-state index in [1.165, 1.54) is 5.56 Å². The maximum Gasteiger partial charge on any atom is 0.315 e. The Kier molecular flexibility index (Phi) is 6.34. The molecular formula is C19H21BrClN3O. The molecule has 0 radical (unpaired) electrons. The summed E-state index contributed by atoms with van der Waals surface area (Å²) in [6.45, 7) is 3.22. The summed E-state index contributed by atoms with van der Waals surface area (Å²) in [6, 6.07) is 16.1. The highest BCUT2D eigenvalue weighted by molar-refractivity contribution is 9.10. The average Bonchev–Trinajstić information content (AvgIpc) is 3.02. The number of nitrogens with zero attached hydrogens (tertiary/aromatic N) is 1. The predicted molar refractivity (Wildman–Crippen MR) is 105 cm³/mol. The molecule has 0 spiro atoms. The zero-order valence-electron chi connectivity index (χ0n) is 13.8. The van der Waals surface area contributed by atoms with Crippen LogP contribution in [0, 0.1) is 0 Å². The lowest BCUT2D eigenvalue weighted by atomic mass is 10.2. The fraction of sp³-hybridized carbons (Fsp3) is 0.316. The second-order valence-corrected chi connectivity index (χ2v) is 7.59. The number of halogens is 2. The van der Waals surface area contributed by atoms with Crippen LogP contribution in [-0.2, 0) is 13.1 Å². The third-order valence-electron chi connectivity index (χ3n) is 4.31. The molecule has 1 aliphatic rings. The molecule has 2 aromatic rings. The molecule has 0 aromatic heterocycles. The topological polar surface area (TPSA) is 44.4 Å². The maximum absolute atomic E-state index is 12.1. The standard InChI is InChI=1S/C19H21BrClN3O/c20-16-7-6-15(18(21)10-16)11-22-19(25)23-17-8-9-24(13-17)12-14-4-2-1-3-5-14/h1-7,10,17H,8-9,11-13H2,(H2,22,23,25). The van der Waals surface area contributed by atoms with Gasteiger partial charge in [0.15, 0.2) is 0 Å². The number of carbonyl (C=O) groups is 1. The lowest BCUT2D eigenvalue weighted by molar-refractivity contribution is 0.235. The molecule has 1 atom stereocenters. The molecule has 3 rings (SSSR count). The van der Waals surface area contributed by atoms with Gasteiger partial charge in [0.1, 0.15) is 0 Å². The quantitative estimate of drug-likeness (QED) is 0.759. The Balaban J connectivity index is 1.43. The van der Waals surface area contributed by atoms with Crippen LogP contribution in [0.1, 0.15) is 17.5 Å². The largest absolute Gasteiger partial charge is 0.334 e. The average molecular weight is 423 g/mol. The van der Waals surface area contributed by atoms with Crippen LogP contribution in [0.15, 0.2) is 53.0 Å². The van der Waals surface area contributed by atoms with Crippen LogP contribution in [-0.4, -0.2) is 30.1 Å². The van der Waals surface area contributed by atoms with Crippen molar-refractivity contribution in [2.75, 3.05) is 13.1 Å². The van der Waals surface area contributed by atoms with Crippen molar-refractivity contribution in [2.45, 2.75) is 25.6 Å². The minimum absolute atomic E-state index is 0.148. The smallest absolute Gasteiger partial charge is 0.315 e. The lowest BCUT2D eigenvalue weighted by Gasteiger charge is -2.17. The summed E-state index contributed by atoms with van der Waals surface area (Å²) in [4.78, 5) is 14.5.